The molecule has 106 valence electrons. The van der Waals surface area contributed by atoms with Gasteiger partial charge in [-0.05, 0) is 23.6 Å². The molecule has 0 fully saturated rings. The summed E-state index contributed by atoms with van der Waals surface area (Å²) in [5, 5.41) is 12.5. The van der Waals surface area contributed by atoms with Gasteiger partial charge in [-0.1, -0.05) is 6.07 Å². The third-order valence-corrected chi connectivity index (χ3v) is 3.58. The lowest BCUT2D eigenvalue weighted by Crippen LogP contribution is -1.96. The zero-order chi connectivity index (χ0) is 14.7. The molecule has 0 aliphatic carbocycles. The highest BCUT2D eigenvalue weighted by atomic mass is 32.1. The Morgan fingerprint density at radius 2 is 2.10 bits per heavy atom. The molecule has 0 radical (unpaired) electrons. The number of oxazole rings is 1. The van der Waals surface area contributed by atoms with Crippen LogP contribution in [0.15, 0.2) is 52.5 Å². The molecule has 0 N–H and O–H groups in total. The Labute approximate surface area is 123 Å². The van der Waals surface area contributed by atoms with Crippen LogP contribution in [0.5, 0.6) is 5.75 Å². The number of thiophene rings is 1. The van der Waals surface area contributed by atoms with Gasteiger partial charge in [0.25, 0.3) is 5.69 Å². The largest absolute Gasteiger partial charge is 0.487 e. The molecule has 0 saturated heterocycles. The zero-order valence-electron chi connectivity index (χ0n) is 10.8. The molecular formula is C14H10N2O4S. The van der Waals surface area contributed by atoms with Crippen molar-refractivity contribution in [3.05, 3.63) is 63.8 Å². The Kier molecular flexibility index (Phi) is 3.65. The van der Waals surface area contributed by atoms with E-state index in [9.17, 15) is 10.1 Å². The van der Waals surface area contributed by atoms with Crippen LogP contribution in [-0.4, -0.2) is 9.91 Å². The lowest BCUT2D eigenvalue weighted by atomic mass is 10.3. The summed E-state index contributed by atoms with van der Waals surface area (Å²) >= 11 is 1.55. The molecule has 3 rings (SSSR count). The molecular weight excluding hydrogens is 292 g/mol. The molecule has 0 amide bonds. The first kappa shape index (κ1) is 13.3. The molecule has 0 bridgehead atoms. The van der Waals surface area contributed by atoms with Gasteiger partial charge in [0.2, 0.25) is 5.89 Å². The number of non-ortho nitro benzene ring substituents is 1. The maximum Gasteiger partial charge on any atom is 0.269 e. The Bertz CT molecular complexity index is 735. The van der Waals surface area contributed by atoms with Crippen molar-refractivity contribution in [2.45, 2.75) is 6.61 Å². The molecule has 0 spiro atoms. The third kappa shape index (κ3) is 3.09. The van der Waals surface area contributed by atoms with Gasteiger partial charge in [0.15, 0.2) is 0 Å². The minimum absolute atomic E-state index is 0.0313. The smallest absolute Gasteiger partial charge is 0.269 e. The van der Waals surface area contributed by atoms with Crippen LogP contribution in [0.25, 0.3) is 10.8 Å². The van der Waals surface area contributed by atoms with Crippen molar-refractivity contribution >= 4 is 17.0 Å². The Morgan fingerprint density at radius 3 is 2.76 bits per heavy atom. The second-order valence-electron chi connectivity index (χ2n) is 4.16. The number of hydrogen-bond donors (Lipinski definition) is 0. The van der Waals surface area contributed by atoms with Crippen LogP contribution in [-0.2, 0) is 6.61 Å². The number of nitrogens with zero attached hydrogens (tertiary/aromatic N) is 2. The predicted octanol–water partition coefficient (Wildman–Crippen LogP) is 3.89. The van der Waals surface area contributed by atoms with Crippen LogP contribution < -0.4 is 4.74 Å². The second-order valence-corrected chi connectivity index (χ2v) is 5.11. The summed E-state index contributed by atoms with van der Waals surface area (Å²) in [5.74, 6) is 1.11. The maximum atomic E-state index is 10.6. The average molecular weight is 302 g/mol. The van der Waals surface area contributed by atoms with Gasteiger partial charge in [-0.25, -0.2) is 4.98 Å². The molecule has 2 heterocycles. The van der Waals surface area contributed by atoms with Gasteiger partial charge in [0.05, 0.1) is 9.80 Å². The molecule has 0 atom stereocenters. The van der Waals surface area contributed by atoms with Crippen molar-refractivity contribution in [1.82, 2.24) is 4.98 Å². The van der Waals surface area contributed by atoms with Crippen LogP contribution in [0.4, 0.5) is 5.69 Å². The van der Waals surface area contributed by atoms with Crippen molar-refractivity contribution < 1.29 is 14.1 Å². The van der Waals surface area contributed by atoms with E-state index in [4.69, 9.17) is 9.15 Å². The highest BCUT2D eigenvalue weighted by molar-refractivity contribution is 7.13. The monoisotopic (exact) mass is 302 g/mol. The van der Waals surface area contributed by atoms with E-state index < -0.39 is 4.92 Å². The molecule has 21 heavy (non-hydrogen) atoms. The highest BCUT2D eigenvalue weighted by Gasteiger charge is 2.09. The lowest BCUT2D eigenvalue weighted by molar-refractivity contribution is -0.384. The first-order valence-electron chi connectivity index (χ1n) is 6.08. The van der Waals surface area contributed by atoms with Crippen LogP contribution in [0.1, 0.15) is 5.69 Å². The fourth-order valence-electron chi connectivity index (χ4n) is 1.71. The van der Waals surface area contributed by atoms with E-state index in [1.807, 2.05) is 17.5 Å². The predicted molar refractivity (Wildman–Crippen MR) is 77.2 cm³/mol. The molecule has 6 nitrogen and oxygen atoms in total. The quantitative estimate of drug-likeness (QED) is 0.527. The van der Waals surface area contributed by atoms with E-state index >= 15 is 0 Å². The second kappa shape index (κ2) is 5.76. The van der Waals surface area contributed by atoms with Crippen molar-refractivity contribution in [2.75, 3.05) is 0 Å². The summed E-state index contributed by atoms with van der Waals surface area (Å²) in [6, 6.07) is 9.76. The standard InChI is InChI=1S/C14H10N2O4S/c17-16(18)11-3-5-12(6-4-11)19-8-10-9-20-14(15-10)13-2-1-7-21-13/h1-7,9H,8H2. The van der Waals surface area contributed by atoms with E-state index in [1.165, 1.54) is 12.1 Å². The van der Waals surface area contributed by atoms with Gasteiger partial charge in [0, 0.05) is 12.1 Å². The van der Waals surface area contributed by atoms with Crippen LogP contribution >= 0.6 is 11.3 Å². The third-order valence-electron chi connectivity index (χ3n) is 2.72. The topological polar surface area (TPSA) is 78.4 Å². The number of aromatic nitrogens is 1. The Hall–Kier alpha value is -2.67. The number of nitro groups is 1. The zero-order valence-corrected chi connectivity index (χ0v) is 11.6. The van der Waals surface area contributed by atoms with Crippen molar-refractivity contribution in [1.29, 1.82) is 0 Å². The summed E-state index contributed by atoms with van der Waals surface area (Å²) in [4.78, 5) is 15.4. The Balaban J connectivity index is 1.64. The van der Waals surface area contributed by atoms with Crippen molar-refractivity contribution in [2.24, 2.45) is 0 Å². The first-order valence-corrected chi connectivity index (χ1v) is 6.96. The SMILES string of the molecule is O=[N+]([O-])c1ccc(OCc2coc(-c3cccs3)n2)cc1. The van der Waals surface area contributed by atoms with Gasteiger partial charge in [-0.3, -0.25) is 10.1 Å². The summed E-state index contributed by atoms with van der Waals surface area (Å²) in [6.07, 6.45) is 1.54. The van der Waals surface area contributed by atoms with Gasteiger partial charge >= 0.3 is 0 Å². The molecule has 0 aliphatic heterocycles. The molecule has 0 saturated carbocycles. The number of benzene rings is 1. The van der Waals surface area contributed by atoms with Crippen molar-refractivity contribution in [3.8, 4) is 16.5 Å². The molecule has 1 aromatic carbocycles. The van der Waals surface area contributed by atoms with Crippen molar-refractivity contribution in [3.63, 3.8) is 0 Å². The van der Waals surface area contributed by atoms with E-state index in [0.29, 0.717) is 17.3 Å². The molecule has 0 unspecified atom stereocenters. The van der Waals surface area contributed by atoms with Gasteiger partial charge in [-0.2, -0.15) is 0 Å². The molecule has 3 aromatic rings. The minimum Gasteiger partial charge on any atom is -0.487 e. The molecule has 2 aromatic heterocycles. The van der Waals surface area contributed by atoms with Crippen LogP contribution in [0.2, 0.25) is 0 Å². The van der Waals surface area contributed by atoms with Crippen LogP contribution in [0.3, 0.4) is 0 Å². The maximum absolute atomic E-state index is 10.6. The fraction of sp³-hybridized carbons (Fsp3) is 0.0714. The summed E-state index contributed by atoms with van der Waals surface area (Å²) in [7, 11) is 0. The number of rotatable bonds is 5. The normalized spacial score (nSPS) is 10.5. The molecule has 0 aliphatic rings. The van der Waals surface area contributed by atoms with Crippen LogP contribution in [0, 0.1) is 10.1 Å². The van der Waals surface area contributed by atoms with Gasteiger partial charge in [-0.15, -0.1) is 11.3 Å². The molecule has 7 heteroatoms. The minimum atomic E-state index is -0.450. The number of ether oxygens (including phenoxy) is 1. The number of nitro benzene ring substituents is 1. The van der Waals surface area contributed by atoms with E-state index in [2.05, 4.69) is 4.98 Å². The van der Waals surface area contributed by atoms with E-state index in [0.717, 1.165) is 4.88 Å². The summed E-state index contributed by atoms with van der Waals surface area (Å²) in [5.41, 5.74) is 0.695. The van der Waals surface area contributed by atoms with Gasteiger partial charge in [0.1, 0.15) is 24.3 Å². The highest BCUT2D eigenvalue weighted by Crippen LogP contribution is 2.24. The van der Waals surface area contributed by atoms with E-state index in [1.54, 1.807) is 29.7 Å². The average Bonchev–Trinajstić information content (AvgIpc) is 3.16. The summed E-state index contributed by atoms with van der Waals surface area (Å²) < 4.78 is 10.9. The Morgan fingerprint density at radius 1 is 1.29 bits per heavy atom. The lowest BCUT2D eigenvalue weighted by Gasteiger charge is -2.02. The first-order chi connectivity index (χ1) is 10.2. The van der Waals surface area contributed by atoms with Gasteiger partial charge < -0.3 is 9.15 Å². The summed E-state index contributed by atoms with van der Waals surface area (Å²) in [6.45, 7) is 0.243. The fourth-order valence-corrected chi connectivity index (χ4v) is 2.36. The van der Waals surface area contributed by atoms with E-state index in [-0.39, 0.29) is 12.3 Å². The number of hydrogen-bond acceptors (Lipinski definition) is 6.